The highest BCUT2D eigenvalue weighted by atomic mass is 35.5. The molecule has 1 aliphatic rings. The van der Waals surface area contributed by atoms with Crippen molar-refractivity contribution in [1.29, 1.82) is 0 Å². The summed E-state index contributed by atoms with van der Waals surface area (Å²) in [5, 5.41) is 3.59. The van der Waals surface area contributed by atoms with Gasteiger partial charge in [-0.2, -0.15) is 0 Å². The third kappa shape index (κ3) is 5.05. The highest BCUT2D eigenvalue weighted by Crippen LogP contribution is 2.24. The van der Waals surface area contributed by atoms with Gasteiger partial charge >= 0.3 is 0 Å². The maximum Gasteiger partial charge on any atom is 0.240 e. The third-order valence-electron chi connectivity index (χ3n) is 6.50. The summed E-state index contributed by atoms with van der Waals surface area (Å²) in [5.41, 5.74) is 8.67. The standard InChI is InChI=1S/C26H27ClN6O2/c1-35-9-6-24-26(34)33(14-17-2-5-22-23(10-17)30-16-31-25(22)28)8-7-32(24)15-21-12-18-3-4-20(27)11-19(18)13-29-21/h2-5,10-13,16,24H,6-9,14-15H2,1H3,(H2,28,30,31)/t24-/m0/s1. The van der Waals surface area contributed by atoms with Gasteiger partial charge in [0, 0.05) is 61.9 Å². The number of benzene rings is 2. The van der Waals surface area contributed by atoms with Gasteiger partial charge in [-0.15, -0.1) is 0 Å². The Balaban J connectivity index is 1.33. The highest BCUT2D eigenvalue weighted by Gasteiger charge is 2.34. The molecule has 0 spiro atoms. The number of rotatable bonds is 7. The summed E-state index contributed by atoms with van der Waals surface area (Å²) in [6.45, 7) is 3.01. The Labute approximate surface area is 208 Å². The zero-order valence-electron chi connectivity index (χ0n) is 19.5. The minimum Gasteiger partial charge on any atom is -0.385 e. The summed E-state index contributed by atoms with van der Waals surface area (Å²) in [6, 6.07) is 13.5. The van der Waals surface area contributed by atoms with Gasteiger partial charge < -0.3 is 15.4 Å². The molecule has 2 aromatic heterocycles. The van der Waals surface area contributed by atoms with Gasteiger partial charge in [-0.3, -0.25) is 14.7 Å². The van der Waals surface area contributed by atoms with Gasteiger partial charge in [0.15, 0.2) is 0 Å². The van der Waals surface area contributed by atoms with E-state index in [9.17, 15) is 4.79 Å². The lowest BCUT2D eigenvalue weighted by Crippen LogP contribution is -2.56. The first kappa shape index (κ1) is 23.4. The largest absolute Gasteiger partial charge is 0.385 e. The molecule has 2 aromatic carbocycles. The number of anilines is 1. The van der Waals surface area contributed by atoms with Crippen LogP contribution in [0.2, 0.25) is 5.02 Å². The van der Waals surface area contributed by atoms with Crippen LogP contribution in [0.3, 0.4) is 0 Å². The monoisotopic (exact) mass is 490 g/mol. The fourth-order valence-corrected chi connectivity index (χ4v) is 4.84. The fourth-order valence-electron chi connectivity index (χ4n) is 4.66. The molecule has 1 fully saturated rings. The number of pyridine rings is 1. The Bertz CT molecular complexity index is 1380. The molecular weight excluding hydrogens is 464 g/mol. The number of aromatic nitrogens is 3. The van der Waals surface area contributed by atoms with Gasteiger partial charge in [0.05, 0.1) is 17.3 Å². The number of methoxy groups -OCH3 is 1. The van der Waals surface area contributed by atoms with E-state index >= 15 is 0 Å². The van der Waals surface area contributed by atoms with Crippen LogP contribution >= 0.6 is 11.6 Å². The molecule has 1 amide bonds. The Morgan fingerprint density at radius 1 is 1.06 bits per heavy atom. The van der Waals surface area contributed by atoms with E-state index in [1.165, 1.54) is 6.33 Å². The van der Waals surface area contributed by atoms with Crippen molar-refractivity contribution in [3.05, 3.63) is 71.3 Å². The van der Waals surface area contributed by atoms with Gasteiger partial charge in [-0.1, -0.05) is 23.7 Å². The van der Waals surface area contributed by atoms with E-state index in [0.717, 1.165) is 39.5 Å². The summed E-state index contributed by atoms with van der Waals surface area (Å²) in [5.74, 6) is 0.555. The SMILES string of the molecule is COCC[C@H]1C(=O)N(Cc2ccc3c(N)ncnc3c2)CCN1Cc1cc2ccc(Cl)cc2cn1. The Morgan fingerprint density at radius 2 is 1.94 bits per heavy atom. The van der Waals surface area contributed by atoms with Crippen LogP contribution in [-0.2, 0) is 22.6 Å². The summed E-state index contributed by atoms with van der Waals surface area (Å²) in [6.07, 6.45) is 3.92. The van der Waals surface area contributed by atoms with Crippen molar-refractivity contribution in [3.63, 3.8) is 0 Å². The Kier molecular flexibility index (Phi) is 6.77. The average Bonchev–Trinajstić information content (AvgIpc) is 2.85. The first-order chi connectivity index (χ1) is 17.0. The number of hydrogen-bond acceptors (Lipinski definition) is 7. The number of amides is 1. The number of fused-ring (bicyclic) bond motifs is 2. The van der Waals surface area contributed by atoms with E-state index in [0.29, 0.717) is 43.5 Å². The second kappa shape index (κ2) is 10.1. The summed E-state index contributed by atoms with van der Waals surface area (Å²) in [4.78, 5) is 30.7. The maximum absolute atomic E-state index is 13.6. The molecular formula is C26H27ClN6O2. The molecule has 0 bridgehead atoms. The van der Waals surface area contributed by atoms with Crippen LogP contribution in [0.1, 0.15) is 17.7 Å². The topological polar surface area (TPSA) is 97.5 Å². The quantitative estimate of drug-likeness (QED) is 0.422. The Hall–Kier alpha value is -3.33. The minimum absolute atomic E-state index is 0.100. The van der Waals surface area contributed by atoms with E-state index in [-0.39, 0.29) is 11.9 Å². The van der Waals surface area contributed by atoms with Crippen LogP contribution in [0.25, 0.3) is 21.7 Å². The number of nitrogens with zero attached hydrogens (tertiary/aromatic N) is 5. The van der Waals surface area contributed by atoms with Crippen LogP contribution < -0.4 is 5.73 Å². The zero-order chi connectivity index (χ0) is 24.4. The van der Waals surface area contributed by atoms with Crippen molar-refractivity contribution in [3.8, 4) is 0 Å². The van der Waals surface area contributed by atoms with Crippen molar-refractivity contribution < 1.29 is 9.53 Å². The molecule has 0 radical (unpaired) electrons. The molecule has 4 aromatic rings. The normalized spacial score (nSPS) is 16.9. The first-order valence-electron chi connectivity index (χ1n) is 11.6. The summed E-state index contributed by atoms with van der Waals surface area (Å²) >= 11 is 6.10. The number of piperazine rings is 1. The van der Waals surface area contributed by atoms with E-state index in [1.54, 1.807) is 7.11 Å². The highest BCUT2D eigenvalue weighted by molar-refractivity contribution is 6.31. The number of carbonyl (C=O) groups is 1. The maximum atomic E-state index is 13.6. The molecule has 180 valence electrons. The van der Waals surface area contributed by atoms with Crippen LogP contribution in [0.5, 0.6) is 0 Å². The predicted molar refractivity (Wildman–Crippen MR) is 137 cm³/mol. The molecule has 3 heterocycles. The van der Waals surface area contributed by atoms with Crippen LogP contribution in [0, 0.1) is 0 Å². The lowest BCUT2D eigenvalue weighted by molar-refractivity contribution is -0.143. The predicted octanol–water partition coefficient (Wildman–Crippen LogP) is 3.66. The van der Waals surface area contributed by atoms with Crippen molar-refractivity contribution in [1.82, 2.24) is 24.8 Å². The molecule has 1 atom stereocenters. The molecule has 0 unspecified atom stereocenters. The number of nitrogens with two attached hydrogens (primary N) is 1. The van der Waals surface area contributed by atoms with Crippen LogP contribution in [0.15, 0.2) is 55.0 Å². The number of ether oxygens (including phenoxy) is 1. The van der Waals surface area contributed by atoms with E-state index in [1.807, 2.05) is 47.5 Å². The molecule has 8 nitrogen and oxygen atoms in total. The lowest BCUT2D eigenvalue weighted by Gasteiger charge is -2.40. The minimum atomic E-state index is -0.273. The number of halogens is 1. The van der Waals surface area contributed by atoms with Gasteiger partial charge in [0.2, 0.25) is 5.91 Å². The molecule has 2 N–H and O–H groups in total. The van der Waals surface area contributed by atoms with E-state index in [2.05, 4.69) is 25.9 Å². The van der Waals surface area contributed by atoms with E-state index < -0.39 is 0 Å². The van der Waals surface area contributed by atoms with Gasteiger partial charge in [-0.25, -0.2) is 9.97 Å². The smallest absolute Gasteiger partial charge is 0.240 e. The average molecular weight is 491 g/mol. The lowest BCUT2D eigenvalue weighted by atomic mass is 10.0. The molecule has 9 heteroatoms. The molecule has 35 heavy (non-hydrogen) atoms. The van der Waals surface area contributed by atoms with Crippen molar-refractivity contribution >= 4 is 45.0 Å². The Morgan fingerprint density at radius 3 is 2.80 bits per heavy atom. The van der Waals surface area contributed by atoms with Gasteiger partial charge in [-0.05, 0) is 47.7 Å². The summed E-state index contributed by atoms with van der Waals surface area (Å²) in [7, 11) is 1.66. The van der Waals surface area contributed by atoms with Crippen LogP contribution in [-0.4, -0.2) is 63.5 Å². The number of nitrogen functional groups attached to an aromatic ring is 1. The first-order valence-corrected chi connectivity index (χ1v) is 11.9. The van der Waals surface area contributed by atoms with Gasteiger partial charge in [0.25, 0.3) is 0 Å². The molecule has 0 aliphatic carbocycles. The van der Waals surface area contributed by atoms with Crippen molar-refractivity contribution in [2.75, 3.05) is 32.5 Å². The number of hydrogen-bond donors (Lipinski definition) is 1. The van der Waals surface area contributed by atoms with Gasteiger partial charge in [0.1, 0.15) is 12.1 Å². The third-order valence-corrected chi connectivity index (χ3v) is 6.74. The molecule has 5 rings (SSSR count). The summed E-state index contributed by atoms with van der Waals surface area (Å²) < 4.78 is 5.32. The van der Waals surface area contributed by atoms with Crippen molar-refractivity contribution in [2.45, 2.75) is 25.6 Å². The molecule has 1 saturated heterocycles. The second-order valence-electron chi connectivity index (χ2n) is 8.81. The molecule has 1 aliphatic heterocycles. The zero-order valence-corrected chi connectivity index (χ0v) is 20.3. The van der Waals surface area contributed by atoms with E-state index in [4.69, 9.17) is 22.1 Å². The van der Waals surface area contributed by atoms with Crippen LogP contribution in [0.4, 0.5) is 5.82 Å². The van der Waals surface area contributed by atoms with Crippen molar-refractivity contribution in [2.24, 2.45) is 0 Å². The second-order valence-corrected chi connectivity index (χ2v) is 9.24. The molecule has 0 saturated carbocycles. The fraction of sp³-hybridized carbons (Fsp3) is 0.308. The number of carbonyl (C=O) groups excluding carboxylic acids is 1.